The van der Waals surface area contributed by atoms with E-state index < -0.39 is 5.91 Å². The Balaban J connectivity index is 1.95. The summed E-state index contributed by atoms with van der Waals surface area (Å²) in [5.41, 5.74) is 5.03. The molecule has 2 N–H and O–H groups in total. The second kappa shape index (κ2) is 8.31. The van der Waals surface area contributed by atoms with Gasteiger partial charge in [-0.2, -0.15) is 5.12 Å². The van der Waals surface area contributed by atoms with Crippen LogP contribution in [0, 0.1) is 0 Å². The quantitative estimate of drug-likeness (QED) is 0.753. The summed E-state index contributed by atoms with van der Waals surface area (Å²) in [6.45, 7) is 3.29. The summed E-state index contributed by atoms with van der Waals surface area (Å²) in [7, 11) is 0. The summed E-state index contributed by atoms with van der Waals surface area (Å²) in [5.74, 6) is -0.662. The highest BCUT2D eigenvalue weighted by molar-refractivity contribution is 5.78. The summed E-state index contributed by atoms with van der Waals surface area (Å²) in [6.07, 6.45) is 6.88. The molecular formula is C14H26N4O3. The van der Waals surface area contributed by atoms with Crippen molar-refractivity contribution >= 4 is 11.8 Å². The Bertz CT molecular complexity index is 334. The lowest BCUT2D eigenvalue weighted by molar-refractivity contribution is -0.210. The predicted molar refractivity (Wildman–Crippen MR) is 77.7 cm³/mol. The topological polar surface area (TPSA) is 79.1 Å². The van der Waals surface area contributed by atoms with E-state index in [1.807, 2.05) is 0 Å². The van der Waals surface area contributed by atoms with Gasteiger partial charge in [-0.1, -0.05) is 12.8 Å². The molecule has 2 heterocycles. The van der Waals surface area contributed by atoms with Gasteiger partial charge < -0.3 is 10.5 Å². The molecule has 21 heavy (non-hydrogen) atoms. The maximum absolute atomic E-state index is 12.5. The lowest BCUT2D eigenvalue weighted by atomic mass is 10.1. The average molecular weight is 298 g/mol. The number of ether oxygens (including phenoxy) is 1. The number of rotatable bonds is 6. The van der Waals surface area contributed by atoms with Crippen LogP contribution in [0.4, 0.5) is 0 Å². The number of primary amides is 1. The van der Waals surface area contributed by atoms with Crippen LogP contribution in [0.25, 0.3) is 0 Å². The third kappa shape index (κ3) is 4.94. The van der Waals surface area contributed by atoms with Gasteiger partial charge in [0, 0.05) is 26.2 Å². The number of hydrogen-bond donors (Lipinski definition) is 1. The van der Waals surface area contributed by atoms with Gasteiger partial charge in [0.1, 0.15) is 13.2 Å². The lowest BCUT2D eigenvalue weighted by Gasteiger charge is -2.44. The van der Waals surface area contributed by atoms with Gasteiger partial charge in [0.15, 0.2) is 0 Å². The van der Waals surface area contributed by atoms with Crippen LogP contribution >= 0.6 is 0 Å². The third-order valence-electron chi connectivity index (χ3n) is 3.89. The molecule has 2 saturated heterocycles. The van der Waals surface area contributed by atoms with E-state index in [1.165, 1.54) is 12.8 Å². The second-order valence-corrected chi connectivity index (χ2v) is 5.67. The van der Waals surface area contributed by atoms with E-state index in [0.717, 1.165) is 51.9 Å². The van der Waals surface area contributed by atoms with E-state index in [1.54, 1.807) is 5.12 Å². The van der Waals surface area contributed by atoms with Crippen LogP contribution in [-0.2, 0) is 14.3 Å². The largest absolute Gasteiger partial charge is 0.368 e. The van der Waals surface area contributed by atoms with Crippen molar-refractivity contribution < 1.29 is 14.3 Å². The molecule has 0 atom stereocenters. The van der Waals surface area contributed by atoms with E-state index in [9.17, 15) is 9.59 Å². The van der Waals surface area contributed by atoms with E-state index in [0.29, 0.717) is 0 Å². The lowest BCUT2D eigenvalue weighted by Crippen LogP contribution is -2.59. The molecule has 2 fully saturated rings. The van der Waals surface area contributed by atoms with Gasteiger partial charge in [0.05, 0.1) is 0 Å². The summed E-state index contributed by atoms with van der Waals surface area (Å²) in [4.78, 5) is 23.2. The molecule has 0 aliphatic carbocycles. The molecule has 2 aliphatic heterocycles. The fourth-order valence-electron chi connectivity index (χ4n) is 2.92. The van der Waals surface area contributed by atoms with Crippen molar-refractivity contribution in [2.24, 2.45) is 5.73 Å². The summed E-state index contributed by atoms with van der Waals surface area (Å²) < 4.78 is 5.10. The Kier molecular flexibility index (Phi) is 6.41. The molecule has 0 aromatic heterocycles. The zero-order valence-electron chi connectivity index (χ0n) is 12.6. The normalized spacial score (nSPS) is 21.1. The van der Waals surface area contributed by atoms with Crippen molar-refractivity contribution in [2.45, 2.75) is 38.5 Å². The molecule has 0 aromatic carbocycles. The summed E-state index contributed by atoms with van der Waals surface area (Å²) in [5, 5.41) is 5.99. The number of nitrogens with two attached hydrogens (primary N) is 1. The van der Waals surface area contributed by atoms with Gasteiger partial charge >= 0.3 is 0 Å². The van der Waals surface area contributed by atoms with Crippen molar-refractivity contribution in [3.8, 4) is 0 Å². The fraction of sp³-hybridized carbons (Fsp3) is 0.857. The number of piperidine rings is 2. The van der Waals surface area contributed by atoms with Gasteiger partial charge in [-0.05, 0) is 25.7 Å². The minimum absolute atomic E-state index is 0.101. The molecule has 2 aliphatic rings. The first kappa shape index (κ1) is 16.2. The van der Waals surface area contributed by atoms with E-state index >= 15 is 0 Å². The number of amides is 2. The van der Waals surface area contributed by atoms with Gasteiger partial charge in [0.25, 0.3) is 5.91 Å². The van der Waals surface area contributed by atoms with E-state index in [4.69, 9.17) is 10.5 Å². The Labute approximate surface area is 125 Å². The maximum atomic E-state index is 12.5. The van der Waals surface area contributed by atoms with Crippen LogP contribution in [-0.4, -0.2) is 66.3 Å². The van der Waals surface area contributed by atoms with Gasteiger partial charge in [-0.15, -0.1) is 0 Å². The van der Waals surface area contributed by atoms with Crippen LogP contribution in [0.15, 0.2) is 0 Å². The smallest absolute Gasteiger partial charge is 0.277 e. The highest BCUT2D eigenvalue weighted by Gasteiger charge is 2.29. The molecule has 0 aromatic rings. The van der Waals surface area contributed by atoms with Gasteiger partial charge in [-0.25, -0.2) is 10.0 Å². The maximum Gasteiger partial charge on any atom is 0.277 e. The van der Waals surface area contributed by atoms with Crippen LogP contribution in [0.1, 0.15) is 38.5 Å². The van der Waals surface area contributed by atoms with Crippen molar-refractivity contribution in [3.63, 3.8) is 0 Å². The summed E-state index contributed by atoms with van der Waals surface area (Å²) in [6, 6.07) is 0. The molecule has 120 valence electrons. The Morgan fingerprint density at radius 2 is 1.33 bits per heavy atom. The monoisotopic (exact) mass is 298 g/mol. The van der Waals surface area contributed by atoms with Crippen LogP contribution in [0.3, 0.4) is 0 Å². The minimum atomic E-state index is -0.551. The first-order chi connectivity index (χ1) is 10.2. The zero-order valence-corrected chi connectivity index (χ0v) is 12.6. The number of carbonyl (C=O) groups excluding carboxylic acids is 2. The fourth-order valence-corrected chi connectivity index (χ4v) is 2.92. The third-order valence-corrected chi connectivity index (χ3v) is 3.89. The van der Waals surface area contributed by atoms with E-state index in [2.05, 4.69) is 10.0 Å². The molecule has 0 radical (unpaired) electrons. The number of hydrazine groups is 2. The van der Waals surface area contributed by atoms with Crippen molar-refractivity contribution in [2.75, 3.05) is 39.4 Å². The van der Waals surface area contributed by atoms with Crippen molar-refractivity contribution in [1.82, 2.24) is 15.1 Å². The number of hydrogen-bond acceptors (Lipinski definition) is 5. The predicted octanol–water partition coefficient (Wildman–Crippen LogP) is 0.119. The first-order valence-electron chi connectivity index (χ1n) is 7.87. The van der Waals surface area contributed by atoms with E-state index in [-0.39, 0.29) is 19.1 Å². The minimum Gasteiger partial charge on any atom is -0.368 e. The Morgan fingerprint density at radius 3 is 1.76 bits per heavy atom. The molecule has 7 nitrogen and oxygen atoms in total. The molecule has 0 spiro atoms. The number of carbonyl (C=O) groups is 2. The molecule has 2 rings (SSSR count). The molecule has 0 bridgehead atoms. The molecule has 7 heteroatoms. The van der Waals surface area contributed by atoms with Gasteiger partial charge in [0.2, 0.25) is 5.91 Å². The second-order valence-electron chi connectivity index (χ2n) is 5.67. The highest BCUT2D eigenvalue weighted by Crippen LogP contribution is 2.18. The van der Waals surface area contributed by atoms with Crippen molar-refractivity contribution in [1.29, 1.82) is 0 Å². The molecule has 0 saturated carbocycles. The average Bonchev–Trinajstić information content (AvgIpc) is 2.49. The van der Waals surface area contributed by atoms with Crippen LogP contribution in [0.5, 0.6) is 0 Å². The highest BCUT2D eigenvalue weighted by atomic mass is 16.5. The first-order valence-corrected chi connectivity index (χ1v) is 7.87. The molecule has 0 unspecified atom stereocenters. The Morgan fingerprint density at radius 1 is 0.857 bits per heavy atom. The standard InChI is InChI=1S/C14H26N4O3/c15-13(19)11-21-12-14(20)18(16-7-3-1-4-8-16)17-9-5-2-6-10-17/h1-12H2,(H2,15,19). The SMILES string of the molecule is NC(=O)COCC(=O)N(N1CCCCC1)N1CCCCC1. The summed E-state index contributed by atoms with van der Waals surface area (Å²) >= 11 is 0. The zero-order chi connectivity index (χ0) is 15.1. The molecular weight excluding hydrogens is 272 g/mol. The van der Waals surface area contributed by atoms with Gasteiger partial charge in [-0.3, -0.25) is 9.59 Å². The van der Waals surface area contributed by atoms with Crippen molar-refractivity contribution in [3.05, 3.63) is 0 Å². The molecule has 2 amide bonds. The number of nitrogens with zero attached hydrogens (tertiary/aromatic N) is 3. The van der Waals surface area contributed by atoms with Crippen LogP contribution in [0.2, 0.25) is 0 Å². The Hall–Kier alpha value is -1.18. The van der Waals surface area contributed by atoms with Crippen LogP contribution < -0.4 is 5.73 Å².